The summed E-state index contributed by atoms with van der Waals surface area (Å²) < 4.78 is 1.79. The number of alkyl halides is 1. The molecule has 4 nitrogen and oxygen atoms in total. The maximum Gasteiger partial charge on any atom is 0.168 e. The van der Waals surface area contributed by atoms with Gasteiger partial charge in [-0.1, -0.05) is 6.92 Å². The van der Waals surface area contributed by atoms with Crippen molar-refractivity contribution in [3.8, 4) is 0 Å². The fourth-order valence-electron chi connectivity index (χ4n) is 1.26. The molecule has 0 bridgehead atoms. The molecule has 0 aliphatic carbocycles. The van der Waals surface area contributed by atoms with E-state index < -0.39 is 0 Å². The second kappa shape index (κ2) is 5.56. The maximum atomic E-state index is 5.94. The molecule has 0 aliphatic heterocycles. The molecule has 0 saturated carbocycles. The first-order chi connectivity index (χ1) is 6.65. The Morgan fingerprint density at radius 2 is 2.21 bits per heavy atom. The van der Waals surface area contributed by atoms with Crippen LogP contribution in [0.5, 0.6) is 0 Å². The molecular formula is C8H15ClN4S. The average molecular weight is 235 g/mol. The molecule has 2 atom stereocenters. The first-order valence-electron chi connectivity index (χ1n) is 4.54. The zero-order valence-corrected chi connectivity index (χ0v) is 10.2. The molecule has 0 aromatic carbocycles. The fourth-order valence-corrected chi connectivity index (χ4v) is 2.09. The lowest BCUT2D eigenvalue weighted by atomic mass is 10.2. The first-order valence-corrected chi connectivity index (χ1v) is 6.37. The summed E-state index contributed by atoms with van der Waals surface area (Å²) >= 11 is 7.77. The van der Waals surface area contributed by atoms with Gasteiger partial charge >= 0.3 is 0 Å². The lowest BCUT2D eigenvalue weighted by Crippen LogP contribution is -2.14. The van der Waals surface area contributed by atoms with Crippen LogP contribution in [0.1, 0.15) is 25.0 Å². The van der Waals surface area contributed by atoms with Gasteiger partial charge < -0.3 is 0 Å². The van der Waals surface area contributed by atoms with Crippen molar-refractivity contribution >= 4 is 23.4 Å². The number of hydrogen-bond donors (Lipinski definition) is 0. The Hall–Kier alpha value is -0.290. The van der Waals surface area contributed by atoms with Gasteiger partial charge in [-0.15, -0.1) is 16.7 Å². The molecule has 0 fully saturated rings. The molecule has 0 aliphatic rings. The number of aromatic nitrogens is 4. The topological polar surface area (TPSA) is 43.6 Å². The summed E-state index contributed by atoms with van der Waals surface area (Å²) in [4.78, 5) is 0. The van der Waals surface area contributed by atoms with Crippen LogP contribution in [0, 0.1) is 5.92 Å². The van der Waals surface area contributed by atoms with Crippen molar-refractivity contribution in [1.82, 2.24) is 20.2 Å². The Morgan fingerprint density at radius 3 is 2.79 bits per heavy atom. The number of halogens is 1. The Labute approximate surface area is 93.4 Å². The Balaban J connectivity index is 2.61. The molecule has 80 valence electrons. The van der Waals surface area contributed by atoms with E-state index in [0.717, 1.165) is 18.1 Å². The lowest BCUT2D eigenvalue weighted by Gasteiger charge is -2.11. The number of rotatable bonds is 5. The van der Waals surface area contributed by atoms with Crippen LogP contribution in [0.2, 0.25) is 0 Å². The lowest BCUT2D eigenvalue weighted by molar-refractivity contribution is 0.463. The summed E-state index contributed by atoms with van der Waals surface area (Å²) in [6.07, 6.45) is 2.10. The fraction of sp³-hybridized carbons (Fsp3) is 0.875. The van der Waals surface area contributed by atoms with Crippen LogP contribution in [-0.2, 0) is 6.54 Å². The maximum absolute atomic E-state index is 5.94. The summed E-state index contributed by atoms with van der Waals surface area (Å²) in [5.41, 5.74) is 0. The van der Waals surface area contributed by atoms with Crippen molar-refractivity contribution in [3.63, 3.8) is 0 Å². The second-order valence-corrected chi connectivity index (χ2v) is 4.96. The van der Waals surface area contributed by atoms with E-state index in [2.05, 4.69) is 28.7 Å². The highest BCUT2D eigenvalue weighted by atomic mass is 35.5. The second-order valence-electron chi connectivity index (χ2n) is 3.40. The minimum Gasteiger partial charge on any atom is -0.228 e. The van der Waals surface area contributed by atoms with Crippen LogP contribution < -0.4 is 0 Å². The van der Waals surface area contributed by atoms with Crippen LogP contribution >= 0.6 is 23.4 Å². The van der Waals surface area contributed by atoms with Crippen LogP contribution in [0.4, 0.5) is 0 Å². The van der Waals surface area contributed by atoms with Crippen molar-refractivity contribution in [2.45, 2.75) is 25.8 Å². The third kappa shape index (κ3) is 3.13. The van der Waals surface area contributed by atoms with E-state index in [1.165, 1.54) is 0 Å². The minimum absolute atomic E-state index is 0.133. The van der Waals surface area contributed by atoms with E-state index in [0.29, 0.717) is 5.92 Å². The molecule has 0 N–H and O–H groups in total. The van der Waals surface area contributed by atoms with Gasteiger partial charge in [0.2, 0.25) is 0 Å². The van der Waals surface area contributed by atoms with E-state index in [4.69, 9.17) is 11.6 Å². The van der Waals surface area contributed by atoms with E-state index in [1.54, 1.807) is 4.68 Å². The van der Waals surface area contributed by atoms with Gasteiger partial charge in [-0.25, -0.2) is 4.68 Å². The van der Waals surface area contributed by atoms with Crippen LogP contribution in [0.3, 0.4) is 0 Å². The molecule has 1 aromatic rings. The third-order valence-electron chi connectivity index (χ3n) is 1.85. The van der Waals surface area contributed by atoms with Gasteiger partial charge in [0, 0.05) is 6.54 Å². The molecule has 1 aromatic heterocycles. The Morgan fingerprint density at radius 1 is 1.50 bits per heavy atom. The SMILES string of the molecule is CSCC(C)Cn1nnnc1C(C)Cl. The van der Waals surface area contributed by atoms with Gasteiger partial charge in [-0.05, 0) is 35.3 Å². The van der Waals surface area contributed by atoms with Crippen molar-refractivity contribution in [1.29, 1.82) is 0 Å². The zero-order chi connectivity index (χ0) is 10.6. The molecule has 0 radical (unpaired) electrons. The highest BCUT2D eigenvalue weighted by molar-refractivity contribution is 7.98. The predicted molar refractivity (Wildman–Crippen MR) is 59.6 cm³/mol. The molecule has 2 unspecified atom stereocenters. The van der Waals surface area contributed by atoms with Crippen molar-refractivity contribution in [3.05, 3.63) is 5.82 Å². The minimum atomic E-state index is -0.133. The summed E-state index contributed by atoms with van der Waals surface area (Å²) in [5.74, 6) is 2.41. The monoisotopic (exact) mass is 234 g/mol. The zero-order valence-electron chi connectivity index (χ0n) is 8.64. The summed E-state index contributed by atoms with van der Waals surface area (Å²) in [5, 5.41) is 11.3. The average Bonchev–Trinajstić information content (AvgIpc) is 2.52. The standard InChI is InChI=1S/C8H15ClN4S/c1-6(5-14-3)4-13-8(7(2)9)10-11-12-13/h6-7H,4-5H2,1-3H3. The summed E-state index contributed by atoms with van der Waals surface area (Å²) in [6.45, 7) is 4.89. The number of tetrazole rings is 1. The highest BCUT2D eigenvalue weighted by Gasteiger charge is 2.13. The summed E-state index contributed by atoms with van der Waals surface area (Å²) in [6, 6.07) is 0. The van der Waals surface area contributed by atoms with E-state index in [1.807, 2.05) is 18.7 Å². The van der Waals surface area contributed by atoms with Gasteiger partial charge in [-0.2, -0.15) is 11.8 Å². The first kappa shape index (κ1) is 11.8. The smallest absolute Gasteiger partial charge is 0.168 e. The van der Waals surface area contributed by atoms with Gasteiger partial charge in [0.25, 0.3) is 0 Å². The molecule has 0 saturated heterocycles. The Kier molecular flexibility index (Phi) is 4.68. The quantitative estimate of drug-likeness (QED) is 0.731. The van der Waals surface area contributed by atoms with Crippen LogP contribution in [0.25, 0.3) is 0 Å². The number of hydrogen-bond acceptors (Lipinski definition) is 4. The van der Waals surface area contributed by atoms with Gasteiger partial charge in [0.15, 0.2) is 5.82 Å². The molecule has 0 spiro atoms. The highest BCUT2D eigenvalue weighted by Crippen LogP contribution is 2.16. The van der Waals surface area contributed by atoms with Crippen LogP contribution in [-0.4, -0.2) is 32.2 Å². The van der Waals surface area contributed by atoms with Gasteiger partial charge in [-0.3, -0.25) is 0 Å². The molecule has 1 heterocycles. The molecule has 14 heavy (non-hydrogen) atoms. The van der Waals surface area contributed by atoms with Crippen LogP contribution in [0.15, 0.2) is 0 Å². The predicted octanol–water partition coefficient (Wildman–Crippen LogP) is 1.97. The van der Waals surface area contributed by atoms with Crippen molar-refractivity contribution < 1.29 is 0 Å². The van der Waals surface area contributed by atoms with E-state index in [-0.39, 0.29) is 5.38 Å². The number of thioether (sulfide) groups is 1. The molecule has 1 rings (SSSR count). The molecular weight excluding hydrogens is 220 g/mol. The normalized spacial score (nSPS) is 15.4. The third-order valence-corrected chi connectivity index (χ3v) is 2.95. The van der Waals surface area contributed by atoms with E-state index >= 15 is 0 Å². The van der Waals surface area contributed by atoms with E-state index in [9.17, 15) is 0 Å². The van der Waals surface area contributed by atoms with Gasteiger partial charge in [0.05, 0.1) is 5.38 Å². The Bertz CT molecular complexity index is 276. The van der Waals surface area contributed by atoms with Crippen molar-refractivity contribution in [2.75, 3.05) is 12.0 Å². The largest absolute Gasteiger partial charge is 0.228 e. The van der Waals surface area contributed by atoms with Gasteiger partial charge in [0.1, 0.15) is 0 Å². The van der Waals surface area contributed by atoms with Crippen molar-refractivity contribution in [2.24, 2.45) is 5.92 Å². The molecule has 0 amide bonds. The number of nitrogens with zero attached hydrogens (tertiary/aromatic N) is 4. The molecule has 6 heteroatoms. The summed E-state index contributed by atoms with van der Waals surface area (Å²) in [7, 11) is 0.